The second-order valence-corrected chi connectivity index (χ2v) is 16.4. The molecule has 13 rings (SSSR count). The first-order valence-electron chi connectivity index (χ1n) is 18.4. The molecule has 11 aromatic rings. The van der Waals surface area contributed by atoms with E-state index in [1.54, 1.807) is 0 Å². The normalized spacial score (nSPS) is 16.1. The van der Waals surface area contributed by atoms with Crippen LogP contribution in [0.15, 0.2) is 127 Å². The molecule has 238 valence electrons. The molecular weight excluding hydrogens is 615 g/mol. The second kappa shape index (κ2) is 8.38. The Morgan fingerprint density at radius 3 is 1.22 bits per heavy atom. The topological polar surface area (TPSA) is 8.82 Å². The summed E-state index contributed by atoms with van der Waals surface area (Å²) in [6.45, 7) is 10.1. The fraction of sp³-hybridized carbons (Fsp3) is 0.125. The van der Waals surface area contributed by atoms with Gasteiger partial charge in [-0.1, -0.05) is 147 Å². The zero-order valence-corrected chi connectivity index (χ0v) is 29.1. The van der Waals surface area contributed by atoms with Crippen molar-refractivity contribution in [1.29, 1.82) is 0 Å². The van der Waals surface area contributed by atoms with E-state index in [0.29, 0.717) is 0 Å². The quantitative estimate of drug-likeness (QED) is 0.145. The van der Waals surface area contributed by atoms with Crippen molar-refractivity contribution >= 4 is 99.3 Å². The van der Waals surface area contributed by atoms with E-state index in [9.17, 15) is 0 Å². The van der Waals surface area contributed by atoms with Gasteiger partial charge < -0.3 is 8.80 Å². The molecule has 4 aromatic heterocycles. The summed E-state index contributed by atoms with van der Waals surface area (Å²) in [6.07, 6.45) is 0. The SMILES string of the molecule is CC1(C)c2cccc3c2B(c2cc4c5ccccc5n5c6ccccc6c(c21)c45)c1cc2c4ccccc4n4c5ccccc5c(c1C3(C)C)c24. The molecule has 7 aromatic carbocycles. The van der Waals surface area contributed by atoms with Crippen molar-refractivity contribution in [1.82, 2.24) is 8.80 Å². The molecule has 2 aliphatic rings. The molecule has 0 fully saturated rings. The van der Waals surface area contributed by atoms with Gasteiger partial charge in [-0.3, -0.25) is 0 Å². The van der Waals surface area contributed by atoms with E-state index >= 15 is 0 Å². The van der Waals surface area contributed by atoms with Crippen LogP contribution in [0.5, 0.6) is 0 Å². The lowest BCUT2D eigenvalue weighted by Gasteiger charge is -2.47. The van der Waals surface area contributed by atoms with Crippen LogP contribution in [0, 0.1) is 0 Å². The van der Waals surface area contributed by atoms with Crippen LogP contribution in [0.2, 0.25) is 0 Å². The Morgan fingerprint density at radius 1 is 0.412 bits per heavy atom. The number of nitrogens with zero attached hydrogens (tertiary/aromatic N) is 2. The largest absolute Gasteiger partial charge is 0.308 e. The smallest absolute Gasteiger partial charge is 0.242 e. The monoisotopic (exact) mass is 648 g/mol. The summed E-state index contributed by atoms with van der Waals surface area (Å²) in [5.74, 6) is 0. The average Bonchev–Trinajstić information content (AvgIpc) is 3.87. The maximum Gasteiger partial charge on any atom is 0.242 e. The first kappa shape index (κ1) is 27.0. The Balaban J connectivity index is 1.30. The van der Waals surface area contributed by atoms with E-state index in [1.807, 2.05) is 0 Å². The summed E-state index contributed by atoms with van der Waals surface area (Å²) in [4.78, 5) is 0. The minimum atomic E-state index is -0.198. The maximum atomic E-state index is 2.62. The predicted octanol–water partition coefficient (Wildman–Crippen LogP) is 9.78. The van der Waals surface area contributed by atoms with Gasteiger partial charge >= 0.3 is 0 Å². The van der Waals surface area contributed by atoms with E-state index in [4.69, 9.17) is 0 Å². The molecule has 0 radical (unpaired) electrons. The van der Waals surface area contributed by atoms with Crippen molar-refractivity contribution in [2.45, 2.75) is 38.5 Å². The van der Waals surface area contributed by atoms with Crippen molar-refractivity contribution < 1.29 is 0 Å². The Morgan fingerprint density at radius 2 is 0.784 bits per heavy atom. The molecule has 2 nitrogen and oxygen atoms in total. The number of hydrogen-bond donors (Lipinski definition) is 0. The van der Waals surface area contributed by atoms with Crippen LogP contribution in [-0.2, 0) is 10.8 Å². The van der Waals surface area contributed by atoms with Crippen LogP contribution in [0.1, 0.15) is 49.9 Å². The molecule has 0 saturated heterocycles. The number of benzene rings is 7. The van der Waals surface area contributed by atoms with E-state index < -0.39 is 0 Å². The minimum Gasteiger partial charge on any atom is -0.308 e. The van der Waals surface area contributed by atoms with Crippen molar-refractivity contribution in [2.75, 3.05) is 0 Å². The predicted molar refractivity (Wildman–Crippen MR) is 218 cm³/mol. The molecular formula is C48H33BN2. The summed E-state index contributed by atoms with van der Waals surface area (Å²) < 4.78 is 5.09. The van der Waals surface area contributed by atoms with Gasteiger partial charge in [0.15, 0.2) is 0 Å². The van der Waals surface area contributed by atoms with Crippen molar-refractivity contribution in [3.05, 3.63) is 150 Å². The molecule has 0 saturated carbocycles. The lowest BCUT2D eigenvalue weighted by atomic mass is 9.27. The van der Waals surface area contributed by atoms with Crippen LogP contribution in [-0.4, -0.2) is 15.5 Å². The molecule has 2 aliphatic heterocycles. The van der Waals surface area contributed by atoms with Gasteiger partial charge in [0.1, 0.15) is 0 Å². The molecule has 6 heterocycles. The Labute approximate surface area is 295 Å². The highest BCUT2D eigenvalue weighted by molar-refractivity contribution is 6.98. The molecule has 0 atom stereocenters. The fourth-order valence-corrected chi connectivity index (χ4v) is 11.6. The highest BCUT2D eigenvalue weighted by atomic mass is 14.9. The maximum absolute atomic E-state index is 2.62. The molecule has 0 N–H and O–H groups in total. The van der Waals surface area contributed by atoms with E-state index in [-0.39, 0.29) is 17.5 Å². The average molecular weight is 649 g/mol. The first-order chi connectivity index (χ1) is 24.9. The van der Waals surface area contributed by atoms with Crippen molar-refractivity contribution in [3.8, 4) is 0 Å². The second-order valence-electron chi connectivity index (χ2n) is 16.4. The van der Waals surface area contributed by atoms with Gasteiger partial charge in [0.2, 0.25) is 6.71 Å². The number of para-hydroxylation sites is 4. The summed E-state index contributed by atoms with van der Waals surface area (Å²) in [5.41, 5.74) is 17.9. The van der Waals surface area contributed by atoms with Gasteiger partial charge in [-0.2, -0.15) is 0 Å². The third-order valence-corrected chi connectivity index (χ3v) is 13.4. The number of rotatable bonds is 0. The molecule has 0 aliphatic carbocycles. The number of fused-ring (bicyclic) bond motifs is 18. The standard InChI is InChI=1S/C48H33BN2/c1-47(2)32-18-13-19-33-44(32)49(34-24-30-26-14-5-9-20-36(26)50-38-22-11-7-16-28(38)40(42(34)47)45(30)50)35-25-31-27-15-6-10-21-37(27)51-39-23-12-8-17-29(39)41(46(31)51)43(35)48(33,3)4/h5-25H,1-4H3. The summed E-state index contributed by atoms with van der Waals surface area (Å²) >= 11 is 0. The molecule has 0 spiro atoms. The van der Waals surface area contributed by atoms with Gasteiger partial charge in [0, 0.05) is 53.9 Å². The van der Waals surface area contributed by atoms with Gasteiger partial charge in [-0.15, -0.1) is 0 Å². The Hall–Kier alpha value is -5.80. The third-order valence-electron chi connectivity index (χ3n) is 13.4. The van der Waals surface area contributed by atoms with Crippen LogP contribution >= 0.6 is 0 Å². The molecule has 0 amide bonds. The first-order valence-corrected chi connectivity index (χ1v) is 18.4. The van der Waals surface area contributed by atoms with E-state index in [1.165, 1.54) is 115 Å². The van der Waals surface area contributed by atoms with Crippen LogP contribution in [0.3, 0.4) is 0 Å². The van der Waals surface area contributed by atoms with Crippen LogP contribution < -0.4 is 16.4 Å². The van der Waals surface area contributed by atoms with Crippen LogP contribution in [0.25, 0.3) is 76.2 Å². The molecule has 0 bridgehead atoms. The zero-order chi connectivity index (χ0) is 33.7. The van der Waals surface area contributed by atoms with Gasteiger partial charge in [0.25, 0.3) is 0 Å². The Kier molecular flexibility index (Phi) is 4.44. The van der Waals surface area contributed by atoms with E-state index in [2.05, 4.69) is 164 Å². The molecule has 0 unspecified atom stereocenters. The zero-order valence-electron chi connectivity index (χ0n) is 29.1. The van der Waals surface area contributed by atoms with Gasteiger partial charge in [0.05, 0.1) is 33.1 Å². The van der Waals surface area contributed by atoms with Crippen molar-refractivity contribution in [3.63, 3.8) is 0 Å². The summed E-state index contributed by atoms with van der Waals surface area (Å²) in [7, 11) is 0. The van der Waals surface area contributed by atoms with Gasteiger partial charge in [-0.05, 0) is 46.5 Å². The van der Waals surface area contributed by atoms with Crippen LogP contribution in [0.4, 0.5) is 0 Å². The number of hydrogen-bond acceptors (Lipinski definition) is 0. The minimum absolute atomic E-state index is 0.119. The molecule has 3 heteroatoms. The lowest BCUT2D eigenvalue weighted by Crippen LogP contribution is -2.66. The van der Waals surface area contributed by atoms with Crippen molar-refractivity contribution in [2.24, 2.45) is 0 Å². The number of aromatic nitrogens is 2. The lowest BCUT2D eigenvalue weighted by molar-refractivity contribution is 0.628. The fourth-order valence-electron chi connectivity index (χ4n) is 11.6. The molecule has 51 heavy (non-hydrogen) atoms. The highest BCUT2D eigenvalue weighted by Crippen LogP contribution is 2.50. The highest BCUT2D eigenvalue weighted by Gasteiger charge is 2.50. The third kappa shape index (κ3) is 2.78. The summed E-state index contributed by atoms with van der Waals surface area (Å²) in [5, 5.41) is 11.0. The van der Waals surface area contributed by atoms with E-state index in [0.717, 1.165) is 0 Å². The van der Waals surface area contributed by atoms with Gasteiger partial charge in [-0.25, -0.2) is 0 Å². The Bertz CT molecular complexity index is 3150. The summed E-state index contributed by atoms with van der Waals surface area (Å²) in [6, 6.07) is 48.8.